The molecule has 2 aromatic rings. The van der Waals surface area contributed by atoms with E-state index >= 15 is 0 Å². The SMILES string of the molecule is COc1ccc(NC(=O)C(c2ccc(C)cc2C)N(C)C(=O)C(NC(=O)OC(C)(C)C)C(C)C)cc1. The van der Waals surface area contributed by atoms with E-state index in [0.29, 0.717) is 17.0 Å². The van der Waals surface area contributed by atoms with Crippen molar-refractivity contribution in [1.29, 1.82) is 0 Å². The third-order valence-corrected chi connectivity index (χ3v) is 5.67. The molecule has 3 amide bonds. The smallest absolute Gasteiger partial charge is 0.408 e. The zero-order chi connectivity index (χ0) is 27.2. The minimum Gasteiger partial charge on any atom is -0.497 e. The van der Waals surface area contributed by atoms with E-state index in [0.717, 1.165) is 11.1 Å². The van der Waals surface area contributed by atoms with Crippen molar-refractivity contribution in [3.8, 4) is 5.75 Å². The summed E-state index contributed by atoms with van der Waals surface area (Å²) in [4.78, 5) is 41.1. The van der Waals surface area contributed by atoms with Crippen molar-refractivity contribution < 1.29 is 23.9 Å². The van der Waals surface area contributed by atoms with Crippen molar-refractivity contribution in [1.82, 2.24) is 10.2 Å². The van der Waals surface area contributed by atoms with Crippen LogP contribution >= 0.6 is 0 Å². The number of carbonyl (C=O) groups is 3. The Balaban J connectivity index is 2.40. The maximum atomic E-state index is 13.7. The lowest BCUT2D eigenvalue weighted by atomic mass is 9.95. The van der Waals surface area contributed by atoms with E-state index in [1.54, 1.807) is 59.2 Å². The van der Waals surface area contributed by atoms with E-state index in [1.807, 2.05) is 45.9 Å². The number of nitrogens with one attached hydrogen (secondary N) is 2. The molecule has 0 saturated carbocycles. The molecule has 0 aliphatic carbocycles. The van der Waals surface area contributed by atoms with E-state index in [9.17, 15) is 14.4 Å². The molecule has 8 heteroatoms. The van der Waals surface area contributed by atoms with Crippen LogP contribution in [-0.4, -0.2) is 48.6 Å². The summed E-state index contributed by atoms with van der Waals surface area (Å²) in [5, 5.41) is 5.60. The second-order valence-corrected chi connectivity index (χ2v) is 10.3. The molecule has 2 aromatic carbocycles. The molecule has 0 spiro atoms. The number of anilines is 1. The molecule has 2 rings (SSSR count). The molecule has 0 aromatic heterocycles. The standard InChI is InChI=1S/C28H39N3O5/c1-17(2)23(30-27(34)36-28(5,6)7)26(33)31(8)24(22-15-10-18(3)16-19(22)4)25(32)29-20-11-13-21(35-9)14-12-20/h10-17,23-24H,1-9H3,(H,29,32)(H,30,34). The van der Waals surface area contributed by atoms with Crippen molar-refractivity contribution in [2.45, 2.75) is 66.2 Å². The molecular weight excluding hydrogens is 458 g/mol. The summed E-state index contributed by atoms with van der Waals surface area (Å²) >= 11 is 0. The fraction of sp³-hybridized carbons (Fsp3) is 0.464. The van der Waals surface area contributed by atoms with E-state index in [4.69, 9.17) is 9.47 Å². The lowest BCUT2D eigenvalue weighted by molar-refractivity contribution is -0.140. The quantitative estimate of drug-likeness (QED) is 0.535. The summed E-state index contributed by atoms with van der Waals surface area (Å²) in [6, 6.07) is 10.9. The van der Waals surface area contributed by atoms with Gasteiger partial charge in [-0.2, -0.15) is 0 Å². The number of hydrogen-bond donors (Lipinski definition) is 2. The average Bonchev–Trinajstić information content (AvgIpc) is 2.77. The van der Waals surface area contributed by atoms with Gasteiger partial charge in [0, 0.05) is 12.7 Å². The molecule has 2 atom stereocenters. The Kier molecular flexibility index (Phi) is 9.50. The normalized spacial score (nSPS) is 12.9. The number of carbonyl (C=O) groups excluding carboxylic acids is 3. The van der Waals surface area contributed by atoms with Gasteiger partial charge in [0.2, 0.25) is 5.91 Å². The lowest BCUT2D eigenvalue weighted by Gasteiger charge is -2.33. The molecule has 36 heavy (non-hydrogen) atoms. The number of benzene rings is 2. The number of ether oxygens (including phenoxy) is 2. The molecule has 0 bridgehead atoms. The maximum absolute atomic E-state index is 13.7. The van der Waals surface area contributed by atoms with Gasteiger partial charge < -0.3 is 25.0 Å². The van der Waals surface area contributed by atoms with Crippen LogP contribution in [0.15, 0.2) is 42.5 Å². The van der Waals surface area contributed by atoms with Crippen LogP contribution in [0.4, 0.5) is 10.5 Å². The molecule has 0 heterocycles. The Morgan fingerprint density at radius 2 is 1.58 bits per heavy atom. The number of alkyl carbamates (subject to hydrolysis) is 1. The maximum Gasteiger partial charge on any atom is 0.408 e. The largest absolute Gasteiger partial charge is 0.497 e. The van der Waals surface area contributed by atoms with Crippen LogP contribution in [0.5, 0.6) is 5.75 Å². The first-order valence-corrected chi connectivity index (χ1v) is 12.0. The molecule has 0 aliphatic rings. The van der Waals surface area contributed by atoms with Crippen molar-refractivity contribution >= 4 is 23.6 Å². The summed E-state index contributed by atoms with van der Waals surface area (Å²) < 4.78 is 10.5. The van der Waals surface area contributed by atoms with Gasteiger partial charge in [0.05, 0.1) is 7.11 Å². The van der Waals surface area contributed by atoms with Crippen molar-refractivity contribution in [2.75, 3.05) is 19.5 Å². The van der Waals surface area contributed by atoms with Gasteiger partial charge in [-0.3, -0.25) is 9.59 Å². The highest BCUT2D eigenvalue weighted by molar-refractivity contribution is 5.99. The number of aryl methyl sites for hydroxylation is 2. The average molecular weight is 498 g/mol. The number of methoxy groups -OCH3 is 1. The van der Waals surface area contributed by atoms with E-state index < -0.39 is 29.7 Å². The summed E-state index contributed by atoms with van der Waals surface area (Å²) in [5.41, 5.74) is 2.49. The van der Waals surface area contributed by atoms with Gasteiger partial charge in [-0.05, 0) is 75.9 Å². The second kappa shape index (κ2) is 11.9. The van der Waals surface area contributed by atoms with E-state index in [1.165, 1.54) is 4.90 Å². The zero-order valence-electron chi connectivity index (χ0n) is 22.8. The molecule has 2 N–H and O–H groups in total. The molecule has 0 saturated heterocycles. The van der Waals surface area contributed by atoms with Gasteiger partial charge in [-0.1, -0.05) is 37.6 Å². The fourth-order valence-electron chi connectivity index (χ4n) is 3.84. The molecule has 196 valence electrons. The minimum absolute atomic E-state index is 0.239. The lowest BCUT2D eigenvalue weighted by Crippen LogP contribution is -2.53. The van der Waals surface area contributed by atoms with Gasteiger partial charge in [0.15, 0.2) is 0 Å². The third kappa shape index (κ3) is 7.73. The Labute approximate surface area is 214 Å². The van der Waals surface area contributed by atoms with Gasteiger partial charge in [-0.25, -0.2) is 4.79 Å². The number of rotatable bonds is 8. The molecule has 8 nitrogen and oxygen atoms in total. The van der Waals surface area contributed by atoms with Gasteiger partial charge in [0.1, 0.15) is 23.4 Å². The Bertz CT molecular complexity index is 1070. The van der Waals surface area contributed by atoms with Crippen molar-refractivity contribution in [2.24, 2.45) is 5.92 Å². The topological polar surface area (TPSA) is 97.0 Å². The summed E-state index contributed by atoms with van der Waals surface area (Å²) in [6.45, 7) is 12.8. The van der Waals surface area contributed by atoms with E-state index in [-0.39, 0.29) is 11.8 Å². The number of amides is 3. The second-order valence-electron chi connectivity index (χ2n) is 10.3. The summed E-state index contributed by atoms with van der Waals surface area (Å²) in [7, 11) is 3.15. The van der Waals surface area contributed by atoms with Gasteiger partial charge in [-0.15, -0.1) is 0 Å². The summed E-state index contributed by atoms with van der Waals surface area (Å²) in [6.07, 6.45) is -0.686. The number of likely N-dealkylation sites (N-methyl/N-ethyl adjacent to an activating group) is 1. The Morgan fingerprint density at radius 3 is 2.08 bits per heavy atom. The zero-order valence-corrected chi connectivity index (χ0v) is 22.8. The first-order valence-electron chi connectivity index (χ1n) is 12.0. The van der Waals surface area contributed by atoms with Crippen LogP contribution < -0.4 is 15.4 Å². The van der Waals surface area contributed by atoms with Gasteiger partial charge in [0.25, 0.3) is 5.91 Å². The molecule has 0 radical (unpaired) electrons. The number of hydrogen-bond acceptors (Lipinski definition) is 5. The predicted molar refractivity (Wildman–Crippen MR) is 141 cm³/mol. The van der Waals surface area contributed by atoms with Crippen LogP contribution in [0.3, 0.4) is 0 Å². The van der Waals surface area contributed by atoms with Crippen LogP contribution in [0.25, 0.3) is 0 Å². The molecule has 0 fully saturated rings. The van der Waals surface area contributed by atoms with E-state index in [2.05, 4.69) is 10.6 Å². The molecule has 2 unspecified atom stereocenters. The number of nitrogens with zero attached hydrogens (tertiary/aromatic N) is 1. The fourth-order valence-corrected chi connectivity index (χ4v) is 3.84. The van der Waals surface area contributed by atoms with Crippen LogP contribution in [0, 0.1) is 19.8 Å². The van der Waals surface area contributed by atoms with Crippen molar-refractivity contribution in [3.63, 3.8) is 0 Å². The first-order chi connectivity index (χ1) is 16.7. The highest BCUT2D eigenvalue weighted by atomic mass is 16.6. The summed E-state index contributed by atoms with van der Waals surface area (Å²) in [5.74, 6) is -0.343. The van der Waals surface area contributed by atoms with Gasteiger partial charge >= 0.3 is 6.09 Å². The predicted octanol–water partition coefficient (Wildman–Crippen LogP) is 5.00. The molecule has 0 aliphatic heterocycles. The Morgan fingerprint density at radius 1 is 0.972 bits per heavy atom. The van der Waals surface area contributed by atoms with Crippen LogP contribution in [0.2, 0.25) is 0 Å². The minimum atomic E-state index is -0.929. The van der Waals surface area contributed by atoms with Crippen LogP contribution in [-0.2, 0) is 14.3 Å². The molecular formula is C28H39N3O5. The van der Waals surface area contributed by atoms with Crippen LogP contribution in [0.1, 0.15) is 57.4 Å². The highest BCUT2D eigenvalue weighted by Gasteiger charge is 2.36. The van der Waals surface area contributed by atoms with Crippen molar-refractivity contribution in [3.05, 3.63) is 59.2 Å². The Hall–Kier alpha value is -3.55. The third-order valence-electron chi connectivity index (χ3n) is 5.67. The monoisotopic (exact) mass is 497 g/mol. The first kappa shape index (κ1) is 28.7. The highest BCUT2D eigenvalue weighted by Crippen LogP contribution is 2.27.